The van der Waals surface area contributed by atoms with Crippen LogP contribution in [0, 0.1) is 6.92 Å². The molecular weight excluding hydrogens is 268 g/mol. The van der Waals surface area contributed by atoms with Gasteiger partial charge in [-0.2, -0.15) is 5.10 Å². The van der Waals surface area contributed by atoms with E-state index in [2.05, 4.69) is 22.5 Å². The van der Waals surface area contributed by atoms with E-state index < -0.39 is 0 Å². The Hall–Kier alpha value is -2.34. The van der Waals surface area contributed by atoms with E-state index in [1.165, 1.54) is 0 Å². The van der Waals surface area contributed by atoms with Gasteiger partial charge < -0.3 is 4.74 Å². The summed E-state index contributed by atoms with van der Waals surface area (Å²) in [6.45, 7) is 4.52. The van der Waals surface area contributed by atoms with Crippen molar-refractivity contribution in [2.75, 3.05) is 6.61 Å². The minimum Gasteiger partial charge on any atom is -0.493 e. The number of aromatic nitrogens is 2. The summed E-state index contributed by atoms with van der Waals surface area (Å²) in [5.74, 6) is 5.58. The number of unbranched alkanes of at least 4 members (excludes halogenated alkanes) is 1. The molecule has 6 nitrogen and oxygen atoms in total. The first kappa shape index (κ1) is 15.1. The zero-order valence-corrected chi connectivity index (χ0v) is 12.3. The highest BCUT2D eigenvalue weighted by Gasteiger charge is 2.20. The van der Waals surface area contributed by atoms with E-state index in [4.69, 9.17) is 10.6 Å². The zero-order chi connectivity index (χ0) is 15.2. The van der Waals surface area contributed by atoms with E-state index in [1.54, 1.807) is 6.92 Å². The lowest BCUT2D eigenvalue weighted by Crippen LogP contribution is -2.30. The smallest absolute Gasteiger partial charge is 0.269 e. The van der Waals surface area contributed by atoms with Gasteiger partial charge in [0, 0.05) is 11.3 Å². The maximum atomic E-state index is 11.9. The number of ether oxygens (including phenoxy) is 1. The molecule has 1 amide bonds. The van der Waals surface area contributed by atoms with Gasteiger partial charge in [-0.1, -0.05) is 25.5 Å². The predicted molar refractivity (Wildman–Crippen MR) is 80.8 cm³/mol. The van der Waals surface area contributed by atoms with E-state index in [-0.39, 0.29) is 5.91 Å². The van der Waals surface area contributed by atoms with Crippen LogP contribution in [-0.2, 0) is 0 Å². The molecule has 0 radical (unpaired) electrons. The molecule has 0 fully saturated rings. The number of nitrogens with zero attached hydrogens (tertiary/aromatic N) is 1. The Morgan fingerprint density at radius 1 is 1.43 bits per heavy atom. The van der Waals surface area contributed by atoms with Crippen LogP contribution in [-0.4, -0.2) is 22.7 Å². The molecule has 0 saturated heterocycles. The number of H-pyrrole nitrogens is 1. The molecule has 1 aromatic carbocycles. The fraction of sp³-hybridized carbons (Fsp3) is 0.333. The lowest BCUT2D eigenvalue weighted by Gasteiger charge is -2.10. The Morgan fingerprint density at radius 2 is 2.19 bits per heavy atom. The molecule has 1 heterocycles. The second kappa shape index (κ2) is 6.90. The summed E-state index contributed by atoms with van der Waals surface area (Å²) in [7, 11) is 0. The highest BCUT2D eigenvalue weighted by atomic mass is 16.5. The minimum absolute atomic E-state index is 0.375. The van der Waals surface area contributed by atoms with E-state index >= 15 is 0 Å². The van der Waals surface area contributed by atoms with E-state index in [0.29, 0.717) is 29.3 Å². The monoisotopic (exact) mass is 288 g/mol. The van der Waals surface area contributed by atoms with Gasteiger partial charge in [-0.15, -0.1) is 0 Å². The molecule has 2 rings (SSSR count). The number of hydrogen-bond donors (Lipinski definition) is 3. The maximum Gasteiger partial charge on any atom is 0.269 e. The summed E-state index contributed by atoms with van der Waals surface area (Å²) in [6, 6.07) is 7.53. The summed E-state index contributed by atoms with van der Waals surface area (Å²) in [6.07, 6.45) is 2.04. The van der Waals surface area contributed by atoms with Crippen molar-refractivity contribution >= 4 is 5.91 Å². The van der Waals surface area contributed by atoms with Crippen molar-refractivity contribution in [1.29, 1.82) is 0 Å². The highest BCUT2D eigenvalue weighted by molar-refractivity contribution is 6.01. The van der Waals surface area contributed by atoms with Crippen molar-refractivity contribution in [3.8, 4) is 17.0 Å². The molecule has 0 unspecified atom stereocenters. The summed E-state index contributed by atoms with van der Waals surface area (Å²) in [5.41, 5.74) is 4.57. The average molecular weight is 288 g/mol. The first-order chi connectivity index (χ1) is 10.2. The van der Waals surface area contributed by atoms with Crippen LogP contribution < -0.4 is 16.0 Å². The summed E-state index contributed by atoms with van der Waals surface area (Å²) in [4.78, 5) is 11.9. The normalized spacial score (nSPS) is 10.4. The lowest BCUT2D eigenvalue weighted by atomic mass is 10.0. The number of hydrazine groups is 1. The molecule has 0 saturated carbocycles. The van der Waals surface area contributed by atoms with Crippen LogP contribution >= 0.6 is 0 Å². The SMILES string of the molecule is CCCCOc1ccccc1-c1n[nH]c(C)c1C(=O)NN. The van der Waals surface area contributed by atoms with Gasteiger partial charge in [0.05, 0.1) is 12.2 Å². The van der Waals surface area contributed by atoms with Crippen LogP contribution in [0.4, 0.5) is 0 Å². The number of nitrogen functional groups attached to an aromatic ring is 1. The van der Waals surface area contributed by atoms with Gasteiger partial charge in [0.25, 0.3) is 5.91 Å². The fourth-order valence-corrected chi connectivity index (χ4v) is 2.09. The number of rotatable bonds is 6. The van der Waals surface area contributed by atoms with Gasteiger partial charge in [-0.05, 0) is 25.5 Å². The Bertz CT molecular complexity index is 622. The largest absolute Gasteiger partial charge is 0.493 e. The number of nitrogens with two attached hydrogens (primary N) is 1. The molecule has 112 valence electrons. The van der Waals surface area contributed by atoms with Crippen LogP contribution in [0.5, 0.6) is 5.75 Å². The number of carbonyl (C=O) groups excluding carboxylic acids is 1. The van der Waals surface area contributed by atoms with Crippen LogP contribution in [0.1, 0.15) is 35.8 Å². The van der Waals surface area contributed by atoms with Crippen LogP contribution in [0.3, 0.4) is 0 Å². The second-order valence-electron chi connectivity index (χ2n) is 4.74. The number of nitrogens with one attached hydrogen (secondary N) is 2. The lowest BCUT2D eigenvalue weighted by molar-refractivity contribution is 0.0954. The number of aryl methyl sites for hydroxylation is 1. The second-order valence-corrected chi connectivity index (χ2v) is 4.74. The summed E-state index contributed by atoms with van der Waals surface area (Å²) < 4.78 is 5.79. The average Bonchev–Trinajstić information content (AvgIpc) is 2.89. The third-order valence-corrected chi connectivity index (χ3v) is 3.20. The molecule has 0 aliphatic carbocycles. The van der Waals surface area contributed by atoms with E-state index in [9.17, 15) is 4.79 Å². The molecule has 1 aromatic heterocycles. The highest BCUT2D eigenvalue weighted by Crippen LogP contribution is 2.32. The van der Waals surface area contributed by atoms with Gasteiger partial charge in [0.1, 0.15) is 11.4 Å². The van der Waals surface area contributed by atoms with Gasteiger partial charge in [-0.25, -0.2) is 5.84 Å². The van der Waals surface area contributed by atoms with Gasteiger partial charge in [0.15, 0.2) is 0 Å². The topological polar surface area (TPSA) is 93.0 Å². The molecule has 2 aromatic rings. The van der Waals surface area contributed by atoms with Gasteiger partial charge >= 0.3 is 0 Å². The molecule has 21 heavy (non-hydrogen) atoms. The predicted octanol–water partition coefficient (Wildman–Crippen LogP) is 2.17. The molecule has 0 aliphatic rings. The number of aromatic amines is 1. The van der Waals surface area contributed by atoms with E-state index in [1.807, 2.05) is 24.3 Å². The minimum atomic E-state index is -0.375. The van der Waals surface area contributed by atoms with Crippen molar-refractivity contribution in [1.82, 2.24) is 15.6 Å². The Labute approximate surface area is 123 Å². The van der Waals surface area contributed by atoms with Crippen molar-refractivity contribution in [2.24, 2.45) is 5.84 Å². The van der Waals surface area contributed by atoms with Crippen molar-refractivity contribution in [3.63, 3.8) is 0 Å². The first-order valence-electron chi connectivity index (χ1n) is 6.97. The molecule has 0 bridgehead atoms. The van der Waals surface area contributed by atoms with Gasteiger partial charge in [-0.3, -0.25) is 15.3 Å². The van der Waals surface area contributed by atoms with E-state index in [0.717, 1.165) is 18.4 Å². The number of amides is 1. The fourth-order valence-electron chi connectivity index (χ4n) is 2.09. The van der Waals surface area contributed by atoms with Crippen LogP contribution in [0.15, 0.2) is 24.3 Å². The summed E-state index contributed by atoms with van der Waals surface area (Å²) in [5, 5.41) is 7.05. The molecule has 0 aliphatic heterocycles. The standard InChI is InChI=1S/C15H20N4O2/c1-3-4-9-21-12-8-6-5-7-11(12)14-13(15(20)17-16)10(2)18-19-14/h5-8H,3-4,9,16H2,1-2H3,(H,17,20)(H,18,19). The number of hydrogen-bond acceptors (Lipinski definition) is 4. The summed E-state index contributed by atoms with van der Waals surface area (Å²) >= 11 is 0. The molecule has 4 N–H and O–H groups in total. The molecule has 0 spiro atoms. The third-order valence-electron chi connectivity index (χ3n) is 3.20. The maximum absolute atomic E-state index is 11.9. The van der Waals surface area contributed by atoms with Crippen LogP contribution in [0.25, 0.3) is 11.3 Å². The van der Waals surface area contributed by atoms with Crippen molar-refractivity contribution in [2.45, 2.75) is 26.7 Å². The third kappa shape index (κ3) is 3.22. The molecule has 0 atom stereocenters. The Balaban J connectivity index is 2.40. The first-order valence-corrected chi connectivity index (χ1v) is 6.97. The van der Waals surface area contributed by atoms with Crippen LogP contribution in [0.2, 0.25) is 0 Å². The molecule has 6 heteroatoms. The number of benzene rings is 1. The van der Waals surface area contributed by atoms with Crippen molar-refractivity contribution in [3.05, 3.63) is 35.5 Å². The van der Waals surface area contributed by atoms with Crippen molar-refractivity contribution < 1.29 is 9.53 Å². The quantitative estimate of drug-likeness (QED) is 0.329. The zero-order valence-electron chi connectivity index (χ0n) is 12.3. The Kier molecular flexibility index (Phi) is 4.94. The van der Waals surface area contributed by atoms with Gasteiger partial charge in [0.2, 0.25) is 0 Å². The Morgan fingerprint density at radius 3 is 2.90 bits per heavy atom. The molecular formula is C15H20N4O2. The number of carbonyl (C=O) groups is 1. The number of para-hydroxylation sites is 1.